The highest BCUT2D eigenvalue weighted by Gasteiger charge is 2.37. The third-order valence-corrected chi connectivity index (χ3v) is 16.2. The Morgan fingerprint density at radius 2 is 1.91 bits per heavy atom. The number of aromatic nitrogens is 6. The topological polar surface area (TPSA) is 93.6 Å². The fraction of sp³-hybridized carbons (Fsp3) is 0.615. The summed E-state index contributed by atoms with van der Waals surface area (Å²) in [5, 5.41) is 15.3. The third-order valence-electron chi connectivity index (χ3n) is 10.6. The second kappa shape index (κ2) is 16.9. The smallest absolute Gasteiger partial charge is 0.246 e. The van der Waals surface area contributed by atoms with Crippen LogP contribution in [0.25, 0.3) is 28.1 Å². The Kier molecular flexibility index (Phi) is 13.2. The van der Waals surface area contributed by atoms with Gasteiger partial charge in [-0.15, -0.1) is 5.10 Å². The zero-order valence-corrected chi connectivity index (χ0v) is 36.7. The summed E-state index contributed by atoms with van der Waals surface area (Å²) in [4.78, 5) is 2.37. The number of hydrogen-bond donors (Lipinski definition) is 0. The summed E-state index contributed by atoms with van der Waals surface area (Å²) in [6.07, 6.45) is 4.13. The average molecular weight is 864 g/mol. The van der Waals surface area contributed by atoms with Gasteiger partial charge in [0.05, 0.1) is 51.5 Å². The number of aryl methyl sites for hydroxylation is 2. The molecule has 4 aromatic rings. The van der Waals surface area contributed by atoms with Crippen molar-refractivity contribution in [2.75, 3.05) is 26.4 Å². The van der Waals surface area contributed by atoms with Crippen LogP contribution in [-0.4, -0.2) is 81.1 Å². The molecule has 0 amide bonds. The highest BCUT2D eigenvalue weighted by atomic mass is 127. The van der Waals surface area contributed by atoms with Gasteiger partial charge in [-0.1, -0.05) is 27.4 Å². The van der Waals surface area contributed by atoms with Crippen LogP contribution in [0.2, 0.25) is 18.1 Å². The predicted octanol–water partition coefficient (Wildman–Crippen LogP) is 9.13. The van der Waals surface area contributed by atoms with Crippen molar-refractivity contribution >= 4 is 47.9 Å². The van der Waals surface area contributed by atoms with E-state index in [1.807, 2.05) is 38.6 Å². The predicted molar refractivity (Wildman–Crippen MR) is 220 cm³/mol. The first-order valence-corrected chi connectivity index (χ1v) is 22.9. The summed E-state index contributed by atoms with van der Waals surface area (Å²) in [6, 6.07) is 3.61. The molecule has 0 radical (unpaired) electrons. The fourth-order valence-electron chi connectivity index (χ4n) is 6.57. The average Bonchev–Trinajstić information content (AvgIpc) is 3.69. The molecule has 5 rings (SSSR count). The van der Waals surface area contributed by atoms with Gasteiger partial charge >= 0.3 is 0 Å². The highest BCUT2D eigenvalue weighted by molar-refractivity contribution is 14.1. The minimum Gasteiger partial charge on any atom is -0.476 e. The second-order valence-corrected chi connectivity index (χ2v) is 21.8. The lowest BCUT2D eigenvalue weighted by atomic mass is 10.0. The molecular formula is C39H59FIN7O4Si. The Morgan fingerprint density at radius 3 is 2.53 bits per heavy atom. The van der Waals surface area contributed by atoms with Crippen molar-refractivity contribution in [1.82, 2.24) is 34.2 Å². The van der Waals surface area contributed by atoms with E-state index in [1.54, 1.807) is 21.5 Å². The van der Waals surface area contributed by atoms with E-state index >= 15 is 4.39 Å². The molecule has 1 aromatic carbocycles. The largest absolute Gasteiger partial charge is 0.476 e. The molecule has 0 bridgehead atoms. The van der Waals surface area contributed by atoms with E-state index in [0.717, 1.165) is 33.9 Å². The molecule has 53 heavy (non-hydrogen) atoms. The molecule has 0 saturated carbocycles. The molecule has 0 N–H and O–H groups in total. The first kappa shape index (κ1) is 41.4. The van der Waals surface area contributed by atoms with Crippen LogP contribution >= 0.6 is 22.6 Å². The number of benzene rings is 1. The van der Waals surface area contributed by atoms with E-state index in [2.05, 4.69) is 86.9 Å². The summed E-state index contributed by atoms with van der Waals surface area (Å²) in [6.45, 7) is 29.3. The molecule has 2 atom stereocenters. The number of nitrogens with zero attached hydrogens (tertiary/aromatic N) is 7. The van der Waals surface area contributed by atoms with Gasteiger partial charge in [0.2, 0.25) is 11.8 Å². The SMILES string of the molecule is C=Cc1nn(C2CCCCO2)c2cc(F)c(-c3c(C)nn(C)c3OC(C)CN(Cc3c(I)c(OCC)nn3CCO[Si](C)(C)C(C)(C)C)C(C)C)cc12. The van der Waals surface area contributed by atoms with Crippen LogP contribution in [0.15, 0.2) is 18.7 Å². The van der Waals surface area contributed by atoms with Gasteiger partial charge in [-0.2, -0.15) is 10.2 Å². The molecule has 0 aliphatic carbocycles. The van der Waals surface area contributed by atoms with E-state index < -0.39 is 8.32 Å². The van der Waals surface area contributed by atoms with Gasteiger partial charge < -0.3 is 18.6 Å². The molecule has 1 aliphatic heterocycles. The van der Waals surface area contributed by atoms with Crippen molar-refractivity contribution in [3.05, 3.63) is 45.2 Å². The zero-order valence-electron chi connectivity index (χ0n) is 33.6. The number of hydrogen-bond acceptors (Lipinski definition) is 8. The van der Waals surface area contributed by atoms with Crippen LogP contribution in [0.1, 0.15) is 91.0 Å². The minimum atomic E-state index is -1.91. The van der Waals surface area contributed by atoms with Gasteiger partial charge in [-0.05, 0) is 107 Å². The summed E-state index contributed by atoms with van der Waals surface area (Å²) in [5.41, 5.74) is 4.18. The van der Waals surface area contributed by atoms with Crippen LogP contribution in [0, 0.1) is 16.3 Å². The quantitative estimate of drug-likeness (QED) is 0.0814. The zero-order chi connectivity index (χ0) is 38.8. The lowest BCUT2D eigenvalue weighted by Gasteiger charge is -2.36. The second-order valence-electron chi connectivity index (χ2n) is 15.9. The Hall–Kier alpha value is -2.79. The maximum absolute atomic E-state index is 16.2. The van der Waals surface area contributed by atoms with Crippen molar-refractivity contribution in [3.63, 3.8) is 0 Å². The Morgan fingerprint density at radius 1 is 1.17 bits per heavy atom. The van der Waals surface area contributed by atoms with Crippen molar-refractivity contribution in [2.24, 2.45) is 7.05 Å². The van der Waals surface area contributed by atoms with Crippen LogP contribution in [0.5, 0.6) is 11.8 Å². The van der Waals surface area contributed by atoms with E-state index in [1.165, 1.54) is 0 Å². The molecule has 0 spiro atoms. The van der Waals surface area contributed by atoms with Crippen LogP contribution in [0.4, 0.5) is 4.39 Å². The van der Waals surface area contributed by atoms with Crippen molar-refractivity contribution < 1.29 is 23.0 Å². The normalized spacial score (nSPS) is 16.2. The van der Waals surface area contributed by atoms with Gasteiger partial charge in [0.25, 0.3) is 0 Å². The van der Waals surface area contributed by atoms with E-state index in [-0.39, 0.29) is 29.2 Å². The van der Waals surface area contributed by atoms with E-state index in [4.69, 9.17) is 28.8 Å². The number of halogens is 2. The molecule has 1 aliphatic rings. The Labute approximate surface area is 329 Å². The molecule has 3 aromatic heterocycles. The first-order chi connectivity index (χ1) is 25.0. The molecule has 1 saturated heterocycles. The molecule has 14 heteroatoms. The van der Waals surface area contributed by atoms with Gasteiger partial charge in [0.1, 0.15) is 11.9 Å². The summed E-state index contributed by atoms with van der Waals surface area (Å²) < 4.78 is 48.0. The maximum Gasteiger partial charge on any atom is 0.246 e. The van der Waals surface area contributed by atoms with Gasteiger partial charge in [-0.3, -0.25) is 9.58 Å². The summed E-state index contributed by atoms with van der Waals surface area (Å²) in [7, 11) is -0.0750. The lowest BCUT2D eigenvalue weighted by Crippen LogP contribution is -2.41. The summed E-state index contributed by atoms with van der Waals surface area (Å²) >= 11 is 2.36. The number of rotatable bonds is 16. The van der Waals surface area contributed by atoms with Crippen molar-refractivity contribution in [1.29, 1.82) is 0 Å². The van der Waals surface area contributed by atoms with Gasteiger partial charge in [-0.25, -0.2) is 13.8 Å². The molecular weight excluding hydrogens is 804 g/mol. The lowest BCUT2D eigenvalue weighted by molar-refractivity contribution is -0.0367. The van der Waals surface area contributed by atoms with Gasteiger partial charge in [0.15, 0.2) is 14.5 Å². The number of ether oxygens (including phenoxy) is 3. The van der Waals surface area contributed by atoms with Gasteiger partial charge in [0, 0.05) is 49.8 Å². The molecule has 11 nitrogen and oxygen atoms in total. The van der Waals surface area contributed by atoms with Crippen molar-refractivity contribution in [2.45, 2.75) is 124 Å². The third kappa shape index (κ3) is 9.03. The monoisotopic (exact) mass is 863 g/mol. The van der Waals surface area contributed by atoms with Crippen molar-refractivity contribution in [3.8, 4) is 22.9 Å². The molecule has 4 heterocycles. The molecule has 2 unspecified atom stereocenters. The fourth-order valence-corrected chi connectivity index (χ4v) is 8.32. The Balaban J connectivity index is 1.39. The van der Waals surface area contributed by atoms with E-state index in [9.17, 15) is 0 Å². The molecule has 1 fully saturated rings. The van der Waals surface area contributed by atoms with Crippen LogP contribution in [0.3, 0.4) is 0 Å². The molecule has 292 valence electrons. The van der Waals surface area contributed by atoms with E-state index in [0.29, 0.717) is 79.2 Å². The highest BCUT2D eigenvalue weighted by Crippen LogP contribution is 2.40. The van der Waals surface area contributed by atoms with Crippen LogP contribution in [-0.2, 0) is 29.3 Å². The first-order valence-electron chi connectivity index (χ1n) is 18.9. The minimum absolute atomic E-state index is 0.127. The summed E-state index contributed by atoms with van der Waals surface area (Å²) in [5.74, 6) is 0.794. The standard InChI is InChI=1S/C39H59FIN7O4Si/c1-13-31-29-21-28(30(40)22-32(29)48(43-31)34-17-15-16-19-50-34)35-27(6)42-45(10)38(35)52-26(5)23-46(25(3)4)24-33-36(41)37(49-14-2)44-47(33)18-20-51-53(11,12)39(7,8)9/h13,21-22,25-26,34H,1,14-20,23-24H2,2-12H3. The maximum atomic E-state index is 16.2. The van der Waals surface area contributed by atoms with Crippen LogP contribution < -0.4 is 9.47 Å². The number of fused-ring (bicyclic) bond motifs is 1. The Bertz CT molecular complexity index is 1890.